The Kier molecular flexibility index (Phi) is 5.67. The summed E-state index contributed by atoms with van der Waals surface area (Å²) >= 11 is 0. The average Bonchev–Trinajstić information content (AvgIpc) is 3.16. The maximum absolute atomic E-state index is 13.8. The highest BCUT2D eigenvalue weighted by Gasteiger charge is 2.53. The highest BCUT2D eigenvalue weighted by Crippen LogP contribution is 2.50. The van der Waals surface area contributed by atoms with E-state index >= 15 is 0 Å². The van der Waals surface area contributed by atoms with Crippen LogP contribution in [0.2, 0.25) is 0 Å². The molecule has 2 aliphatic heterocycles. The summed E-state index contributed by atoms with van der Waals surface area (Å²) in [5.41, 5.74) is 2.00. The van der Waals surface area contributed by atoms with Crippen molar-refractivity contribution < 1.29 is 28.5 Å². The van der Waals surface area contributed by atoms with Gasteiger partial charge in [0.25, 0.3) is 5.91 Å². The van der Waals surface area contributed by atoms with E-state index in [1.807, 2.05) is 13.0 Å². The molecule has 1 saturated carbocycles. The van der Waals surface area contributed by atoms with Crippen molar-refractivity contribution in [1.29, 1.82) is 0 Å². The Morgan fingerprint density at radius 2 is 1.71 bits per heavy atom. The topological polar surface area (TPSA) is 87.2 Å². The molecule has 178 valence electrons. The highest BCUT2D eigenvalue weighted by molar-refractivity contribution is 6.17. The molecule has 3 unspecified atom stereocenters. The van der Waals surface area contributed by atoms with Crippen LogP contribution in [0.15, 0.2) is 41.8 Å². The van der Waals surface area contributed by atoms with E-state index in [9.17, 15) is 9.59 Å². The molecule has 0 N–H and O–H groups in total. The van der Waals surface area contributed by atoms with E-state index < -0.39 is 6.04 Å². The molecule has 2 aromatic rings. The van der Waals surface area contributed by atoms with Crippen molar-refractivity contribution in [2.45, 2.75) is 44.8 Å². The van der Waals surface area contributed by atoms with Crippen LogP contribution in [0.1, 0.15) is 42.9 Å². The van der Waals surface area contributed by atoms with Crippen LogP contribution in [0.5, 0.6) is 17.2 Å². The number of ether oxygens (including phenoxy) is 4. The number of benzene rings is 1. The van der Waals surface area contributed by atoms with Crippen molar-refractivity contribution >= 4 is 17.5 Å². The number of amides is 1. The van der Waals surface area contributed by atoms with Crippen molar-refractivity contribution in [3.8, 4) is 17.2 Å². The summed E-state index contributed by atoms with van der Waals surface area (Å²) in [6.45, 7) is 1.93. The molecule has 1 fully saturated rings. The fourth-order valence-electron chi connectivity index (χ4n) is 5.26. The number of methoxy groups -OCH3 is 3. The fourth-order valence-corrected chi connectivity index (χ4v) is 5.26. The first-order chi connectivity index (χ1) is 16.5. The number of carbonyl (C=O) groups excluding carboxylic acids is 2. The molecule has 1 aliphatic carbocycles. The summed E-state index contributed by atoms with van der Waals surface area (Å²) in [7, 11) is 4.60. The SMILES string of the molecule is COc1cc(C2C3=C(OC4CCCCC4C3=O)C(=O)N2c2ccc(C)cn2)cc(OC)c1OC. The lowest BCUT2D eigenvalue weighted by Crippen LogP contribution is -2.39. The molecule has 3 aliphatic rings. The van der Waals surface area contributed by atoms with E-state index in [1.165, 1.54) is 21.3 Å². The van der Waals surface area contributed by atoms with Gasteiger partial charge in [0, 0.05) is 6.20 Å². The predicted octanol–water partition coefficient (Wildman–Crippen LogP) is 3.92. The number of nitrogens with zero attached hydrogens (tertiary/aromatic N) is 2. The molecule has 0 radical (unpaired) electrons. The van der Waals surface area contributed by atoms with Crippen LogP contribution >= 0.6 is 0 Å². The zero-order chi connectivity index (χ0) is 24.0. The Morgan fingerprint density at radius 3 is 2.32 bits per heavy atom. The minimum atomic E-state index is -0.721. The molecular weight excluding hydrogens is 436 g/mol. The first-order valence-corrected chi connectivity index (χ1v) is 11.5. The van der Waals surface area contributed by atoms with E-state index in [2.05, 4.69) is 4.98 Å². The van der Waals surface area contributed by atoms with Gasteiger partial charge in [-0.25, -0.2) is 4.98 Å². The van der Waals surface area contributed by atoms with Crippen LogP contribution in [0, 0.1) is 12.8 Å². The Labute approximate surface area is 198 Å². The van der Waals surface area contributed by atoms with Gasteiger partial charge in [0.05, 0.1) is 38.9 Å². The maximum atomic E-state index is 13.8. The van der Waals surface area contributed by atoms with Gasteiger partial charge < -0.3 is 18.9 Å². The second-order valence-corrected chi connectivity index (χ2v) is 8.88. The largest absolute Gasteiger partial charge is 0.493 e. The minimum Gasteiger partial charge on any atom is -0.493 e. The summed E-state index contributed by atoms with van der Waals surface area (Å²) in [5, 5.41) is 0. The number of carbonyl (C=O) groups is 2. The normalized spacial score (nSPS) is 23.9. The number of hydrogen-bond donors (Lipinski definition) is 0. The van der Waals surface area contributed by atoms with Crippen molar-refractivity contribution in [2.75, 3.05) is 26.2 Å². The van der Waals surface area contributed by atoms with Crippen molar-refractivity contribution in [3.63, 3.8) is 0 Å². The zero-order valence-corrected chi connectivity index (χ0v) is 19.8. The number of aromatic nitrogens is 1. The maximum Gasteiger partial charge on any atom is 0.295 e. The molecule has 1 aromatic carbocycles. The quantitative estimate of drug-likeness (QED) is 0.663. The number of anilines is 1. The first kappa shape index (κ1) is 22.3. The molecule has 0 spiro atoms. The van der Waals surface area contributed by atoms with E-state index in [0.29, 0.717) is 34.2 Å². The van der Waals surface area contributed by atoms with E-state index in [-0.39, 0.29) is 29.5 Å². The van der Waals surface area contributed by atoms with Gasteiger partial charge in [0.1, 0.15) is 11.9 Å². The third kappa shape index (κ3) is 3.40. The first-order valence-electron chi connectivity index (χ1n) is 11.5. The van der Waals surface area contributed by atoms with Crippen LogP contribution in [-0.2, 0) is 14.3 Å². The summed E-state index contributed by atoms with van der Waals surface area (Å²) in [4.78, 5) is 33.6. The van der Waals surface area contributed by atoms with E-state index in [0.717, 1.165) is 31.2 Å². The molecule has 5 rings (SSSR count). The molecule has 8 heteroatoms. The van der Waals surface area contributed by atoms with Gasteiger partial charge >= 0.3 is 0 Å². The third-order valence-electron chi connectivity index (χ3n) is 6.91. The molecule has 8 nitrogen and oxygen atoms in total. The number of pyridine rings is 1. The molecule has 1 amide bonds. The van der Waals surface area contributed by atoms with Gasteiger partial charge in [-0.1, -0.05) is 12.5 Å². The van der Waals surface area contributed by atoms with Crippen LogP contribution in [-0.4, -0.2) is 44.1 Å². The predicted molar refractivity (Wildman–Crippen MR) is 124 cm³/mol. The van der Waals surface area contributed by atoms with E-state index in [1.54, 1.807) is 29.3 Å². The zero-order valence-electron chi connectivity index (χ0n) is 19.8. The van der Waals surface area contributed by atoms with Crippen LogP contribution < -0.4 is 19.1 Å². The summed E-state index contributed by atoms with van der Waals surface area (Å²) in [5.74, 6) is 1.28. The number of aryl methyl sites for hydroxylation is 1. The number of Topliss-reactive ketones (excluding diaryl/α,β-unsaturated/α-hetero) is 1. The molecule has 0 bridgehead atoms. The Morgan fingerprint density at radius 1 is 1.00 bits per heavy atom. The molecule has 3 heterocycles. The average molecular weight is 465 g/mol. The lowest BCUT2D eigenvalue weighted by Gasteiger charge is -2.35. The smallest absolute Gasteiger partial charge is 0.295 e. The molecular formula is C26H28N2O6. The Hall–Kier alpha value is -3.55. The lowest BCUT2D eigenvalue weighted by atomic mass is 9.77. The lowest BCUT2D eigenvalue weighted by molar-refractivity contribution is -0.131. The highest BCUT2D eigenvalue weighted by atomic mass is 16.5. The number of ketones is 1. The summed E-state index contributed by atoms with van der Waals surface area (Å²) in [6, 6.07) is 6.50. The fraction of sp³-hybridized carbons (Fsp3) is 0.423. The Balaban J connectivity index is 1.70. The van der Waals surface area contributed by atoms with Gasteiger partial charge in [-0.15, -0.1) is 0 Å². The standard InChI is InChI=1S/C26H28N2O6/c1-14-9-10-20(27-13-14)28-22(15-11-18(31-2)24(33-4)19(12-15)32-3)21-23(29)16-7-5-6-8-17(16)34-25(21)26(28)30/h9-13,16-17,22H,5-8H2,1-4H3. The van der Waals surface area contributed by atoms with Gasteiger partial charge in [0.2, 0.25) is 5.75 Å². The number of hydrogen-bond acceptors (Lipinski definition) is 7. The van der Waals surface area contributed by atoms with Crippen molar-refractivity contribution in [3.05, 3.63) is 52.9 Å². The monoisotopic (exact) mass is 464 g/mol. The van der Waals surface area contributed by atoms with Gasteiger partial charge in [-0.2, -0.15) is 0 Å². The Bertz CT molecular complexity index is 1150. The summed E-state index contributed by atoms with van der Waals surface area (Å²) < 4.78 is 22.8. The van der Waals surface area contributed by atoms with Crippen LogP contribution in [0.25, 0.3) is 0 Å². The molecule has 3 atom stereocenters. The van der Waals surface area contributed by atoms with Crippen molar-refractivity contribution in [2.24, 2.45) is 5.92 Å². The second kappa shape index (κ2) is 8.66. The second-order valence-electron chi connectivity index (χ2n) is 8.88. The number of fused-ring (bicyclic) bond motifs is 1. The molecule has 0 saturated heterocycles. The third-order valence-corrected chi connectivity index (χ3v) is 6.91. The summed E-state index contributed by atoms with van der Waals surface area (Å²) in [6.07, 6.45) is 4.96. The molecule has 34 heavy (non-hydrogen) atoms. The number of rotatable bonds is 5. The van der Waals surface area contributed by atoms with Crippen LogP contribution in [0.4, 0.5) is 5.82 Å². The van der Waals surface area contributed by atoms with E-state index in [4.69, 9.17) is 18.9 Å². The minimum absolute atomic E-state index is 0.0207. The van der Waals surface area contributed by atoms with Crippen LogP contribution in [0.3, 0.4) is 0 Å². The van der Waals surface area contributed by atoms with Gasteiger partial charge in [-0.05, 0) is 55.5 Å². The van der Waals surface area contributed by atoms with Gasteiger partial charge in [-0.3, -0.25) is 14.5 Å². The van der Waals surface area contributed by atoms with Gasteiger partial charge in [0.15, 0.2) is 23.0 Å². The molecule has 1 aromatic heterocycles. The van der Waals surface area contributed by atoms with Crippen molar-refractivity contribution in [1.82, 2.24) is 4.98 Å².